The molecule has 1 aliphatic rings. The molecule has 0 N–H and O–H groups in total. The van der Waals surface area contributed by atoms with Gasteiger partial charge in [0.05, 0.1) is 18.0 Å². The van der Waals surface area contributed by atoms with Gasteiger partial charge in [0.25, 0.3) is 0 Å². The number of hydrogen-bond acceptors (Lipinski definition) is 7. The molecule has 3 rings (SSSR count). The Balaban J connectivity index is 2.00. The van der Waals surface area contributed by atoms with Crippen LogP contribution < -0.4 is 10.5 Å². The van der Waals surface area contributed by atoms with Crippen LogP contribution in [-0.2, 0) is 9.53 Å². The number of carbonyl (C=O) groups excluding carboxylic acids is 1. The zero-order valence-corrected chi connectivity index (χ0v) is 13.0. The summed E-state index contributed by atoms with van der Waals surface area (Å²) in [5.41, 5.74) is -0.913. The third-order valence-electron chi connectivity index (χ3n) is 4.20. The van der Waals surface area contributed by atoms with Gasteiger partial charge in [-0.05, 0) is 25.0 Å². The number of pyridine rings is 1. The second-order valence-electron chi connectivity index (χ2n) is 5.56. The molecule has 0 aromatic carbocycles. The number of hydrogen-bond donors (Lipinski definition) is 0. The predicted octanol–water partition coefficient (Wildman–Crippen LogP) is 0.992. The third-order valence-corrected chi connectivity index (χ3v) is 4.20. The summed E-state index contributed by atoms with van der Waals surface area (Å²) >= 11 is 0. The van der Waals surface area contributed by atoms with E-state index in [2.05, 4.69) is 4.98 Å². The number of aromatic nitrogens is 2. The number of nitro groups is 1. The summed E-state index contributed by atoms with van der Waals surface area (Å²) in [5, 5.41) is 11.4. The molecule has 0 amide bonds. The number of esters is 1. The maximum absolute atomic E-state index is 12.4. The number of methoxy groups -OCH3 is 1. The van der Waals surface area contributed by atoms with E-state index in [1.807, 2.05) is 0 Å². The van der Waals surface area contributed by atoms with Crippen LogP contribution >= 0.6 is 0 Å². The van der Waals surface area contributed by atoms with Crippen molar-refractivity contribution in [2.24, 2.45) is 5.92 Å². The average molecular weight is 332 g/mol. The number of fused-ring (bicyclic) bond motifs is 1. The van der Waals surface area contributed by atoms with Crippen molar-refractivity contribution in [3.63, 3.8) is 0 Å². The van der Waals surface area contributed by atoms with Gasteiger partial charge in [-0.25, -0.2) is 4.98 Å². The minimum Gasteiger partial charge on any atom is -0.469 e. The van der Waals surface area contributed by atoms with Crippen LogP contribution in [0.15, 0.2) is 29.2 Å². The molecule has 9 heteroatoms. The van der Waals surface area contributed by atoms with Crippen molar-refractivity contribution in [3.8, 4) is 0 Å². The monoisotopic (exact) mass is 332 g/mol. The molecular weight excluding hydrogens is 316 g/mol. The van der Waals surface area contributed by atoms with Crippen LogP contribution in [0.5, 0.6) is 0 Å². The van der Waals surface area contributed by atoms with Crippen molar-refractivity contribution >= 4 is 23.1 Å². The number of carbonyl (C=O) groups is 1. The van der Waals surface area contributed by atoms with Gasteiger partial charge in [-0.3, -0.25) is 24.1 Å². The summed E-state index contributed by atoms with van der Waals surface area (Å²) in [6.45, 7) is 0.798. The normalized spacial score (nSPS) is 15.5. The zero-order chi connectivity index (χ0) is 17.3. The van der Waals surface area contributed by atoms with Gasteiger partial charge in [-0.15, -0.1) is 0 Å². The summed E-state index contributed by atoms with van der Waals surface area (Å²) < 4.78 is 5.89. The fourth-order valence-electron chi connectivity index (χ4n) is 2.94. The highest BCUT2D eigenvalue weighted by Crippen LogP contribution is 2.28. The van der Waals surface area contributed by atoms with Crippen LogP contribution in [0.2, 0.25) is 0 Å². The van der Waals surface area contributed by atoms with E-state index in [0.29, 0.717) is 31.6 Å². The molecule has 2 aromatic rings. The van der Waals surface area contributed by atoms with Gasteiger partial charge < -0.3 is 9.64 Å². The fourth-order valence-corrected chi connectivity index (χ4v) is 2.94. The molecule has 126 valence electrons. The lowest BCUT2D eigenvalue weighted by atomic mass is 9.97. The summed E-state index contributed by atoms with van der Waals surface area (Å²) in [6.07, 6.45) is 2.45. The number of anilines is 1. The van der Waals surface area contributed by atoms with Crippen LogP contribution in [0.3, 0.4) is 0 Å². The van der Waals surface area contributed by atoms with Crippen LogP contribution in [0.25, 0.3) is 5.65 Å². The fraction of sp³-hybridized carbons (Fsp3) is 0.400. The summed E-state index contributed by atoms with van der Waals surface area (Å²) in [7, 11) is 1.34. The maximum Gasteiger partial charge on any atom is 0.376 e. The van der Waals surface area contributed by atoms with E-state index in [4.69, 9.17) is 4.74 Å². The maximum atomic E-state index is 12.4. The van der Waals surface area contributed by atoms with E-state index >= 15 is 0 Å². The smallest absolute Gasteiger partial charge is 0.376 e. The molecule has 9 nitrogen and oxygen atoms in total. The Morgan fingerprint density at radius 2 is 2.08 bits per heavy atom. The van der Waals surface area contributed by atoms with Crippen LogP contribution in [0, 0.1) is 16.0 Å². The zero-order valence-electron chi connectivity index (χ0n) is 13.0. The quantitative estimate of drug-likeness (QED) is 0.468. The van der Waals surface area contributed by atoms with Crippen molar-refractivity contribution in [2.75, 3.05) is 25.1 Å². The van der Waals surface area contributed by atoms with E-state index in [9.17, 15) is 19.7 Å². The van der Waals surface area contributed by atoms with Gasteiger partial charge in [0.15, 0.2) is 0 Å². The Bertz CT molecular complexity index is 855. The second kappa shape index (κ2) is 6.26. The first-order chi connectivity index (χ1) is 11.5. The topological polar surface area (TPSA) is 107 Å². The lowest BCUT2D eigenvalue weighted by molar-refractivity contribution is -0.385. The molecule has 1 aliphatic heterocycles. The second-order valence-corrected chi connectivity index (χ2v) is 5.56. The van der Waals surface area contributed by atoms with Crippen LogP contribution in [0.1, 0.15) is 12.8 Å². The highest BCUT2D eigenvalue weighted by Gasteiger charge is 2.32. The van der Waals surface area contributed by atoms with Crippen molar-refractivity contribution in [1.29, 1.82) is 0 Å². The lowest BCUT2D eigenvalue weighted by Crippen LogP contribution is -2.38. The average Bonchev–Trinajstić information content (AvgIpc) is 2.60. The molecular formula is C15H16N4O5. The Morgan fingerprint density at radius 3 is 2.71 bits per heavy atom. The van der Waals surface area contributed by atoms with Gasteiger partial charge >= 0.3 is 17.2 Å². The molecule has 1 fully saturated rings. The Labute approximate surface area is 136 Å². The van der Waals surface area contributed by atoms with Gasteiger partial charge in [-0.2, -0.15) is 0 Å². The van der Waals surface area contributed by atoms with Crippen molar-refractivity contribution in [1.82, 2.24) is 9.38 Å². The Hall–Kier alpha value is -2.97. The van der Waals surface area contributed by atoms with Crippen molar-refractivity contribution in [3.05, 3.63) is 44.9 Å². The molecule has 0 bridgehead atoms. The van der Waals surface area contributed by atoms with Gasteiger partial charge in [0.1, 0.15) is 5.65 Å². The van der Waals surface area contributed by atoms with Crippen LogP contribution in [0.4, 0.5) is 11.5 Å². The van der Waals surface area contributed by atoms with E-state index in [0.717, 1.165) is 4.40 Å². The minimum atomic E-state index is -0.712. The Kier molecular flexibility index (Phi) is 4.15. The van der Waals surface area contributed by atoms with Gasteiger partial charge in [0, 0.05) is 19.3 Å². The lowest BCUT2D eigenvalue weighted by Gasteiger charge is -2.31. The summed E-state index contributed by atoms with van der Waals surface area (Å²) in [6, 6.07) is 4.94. The first-order valence-corrected chi connectivity index (χ1v) is 7.51. The number of nitrogens with zero attached hydrogens (tertiary/aromatic N) is 4. The predicted molar refractivity (Wildman–Crippen MR) is 85.1 cm³/mol. The third kappa shape index (κ3) is 2.68. The Morgan fingerprint density at radius 1 is 1.38 bits per heavy atom. The van der Waals surface area contributed by atoms with Crippen molar-refractivity contribution < 1.29 is 14.5 Å². The molecule has 1 saturated heterocycles. The van der Waals surface area contributed by atoms with Gasteiger partial charge in [-0.1, -0.05) is 6.07 Å². The molecule has 0 radical (unpaired) electrons. The summed E-state index contributed by atoms with van der Waals surface area (Å²) in [5.74, 6) is -0.456. The number of piperidine rings is 1. The molecule has 0 spiro atoms. The van der Waals surface area contributed by atoms with E-state index < -0.39 is 16.2 Å². The molecule has 0 aliphatic carbocycles. The minimum absolute atomic E-state index is 0.0551. The highest BCUT2D eigenvalue weighted by molar-refractivity contribution is 5.73. The SMILES string of the molecule is COC(=O)C1CCN(c2nc3ccccn3c(=O)c2[N+](=O)[O-])CC1. The molecule has 0 atom stereocenters. The van der Waals surface area contributed by atoms with Gasteiger partial charge in [0.2, 0.25) is 5.82 Å². The van der Waals surface area contributed by atoms with E-state index in [-0.39, 0.29) is 17.7 Å². The highest BCUT2D eigenvalue weighted by atomic mass is 16.6. The molecule has 0 unspecified atom stereocenters. The largest absolute Gasteiger partial charge is 0.469 e. The van der Waals surface area contributed by atoms with Crippen molar-refractivity contribution in [2.45, 2.75) is 12.8 Å². The first-order valence-electron chi connectivity index (χ1n) is 7.51. The standard InChI is InChI=1S/C15H16N4O5/c1-24-15(21)10-5-8-17(9-6-10)13-12(19(22)23)14(20)18-7-3-2-4-11(18)16-13/h2-4,7,10H,5-6,8-9H2,1H3. The number of rotatable bonds is 3. The van der Waals surface area contributed by atoms with E-state index in [1.54, 1.807) is 23.1 Å². The first kappa shape index (κ1) is 15.9. The molecule has 24 heavy (non-hydrogen) atoms. The van der Waals surface area contributed by atoms with Crippen LogP contribution in [-0.4, -0.2) is 40.5 Å². The molecule has 3 heterocycles. The molecule has 2 aromatic heterocycles. The summed E-state index contributed by atoms with van der Waals surface area (Å²) in [4.78, 5) is 40.7. The molecule has 0 saturated carbocycles. The number of ether oxygens (including phenoxy) is 1. The van der Waals surface area contributed by atoms with E-state index in [1.165, 1.54) is 13.3 Å².